The summed E-state index contributed by atoms with van der Waals surface area (Å²) in [4.78, 5) is 24.8. The van der Waals surface area contributed by atoms with Crippen LogP contribution < -0.4 is 0 Å². The van der Waals surface area contributed by atoms with Gasteiger partial charge in [0.05, 0.1) is 11.1 Å². The summed E-state index contributed by atoms with van der Waals surface area (Å²) in [7, 11) is 0. The molecule has 30 heavy (non-hydrogen) atoms. The van der Waals surface area contributed by atoms with Crippen molar-refractivity contribution in [3.63, 3.8) is 0 Å². The van der Waals surface area contributed by atoms with Crippen LogP contribution in [0.5, 0.6) is 0 Å². The zero-order valence-electron chi connectivity index (χ0n) is 16.8. The van der Waals surface area contributed by atoms with E-state index in [4.69, 9.17) is 14.2 Å². The van der Waals surface area contributed by atoms with Gasteiger partial charge in [0.25, 0.3) is 0 Å². The minimum absolute atomic E-state index is 0.183. The van der Waals surface area contributed by atoms with Crippen molar-refractivity contribution in [3.8, 4) is 0 Å². The minimum atomic E-state index is -1.73. The molecule has 0 radical (unpaired) electrons. The van der Waals surface area contributed by atoms with Crippen LogP contribution in [0.4, 0.5) is 4.39 Å². The molecule has 0 bridgehead atoms. The highest BCUT2D eigenvalue weighted by atomic mass is 19.2. The Morgan fingerprint density at radius 3 is 2.23 bits per heavy atom. The van der Waals surface area contributed by atoms with Crippen LogP contribution in [0.2, 0.25) is 0 Å². The van der Waals surface area contributed by atoms with Crippen molar-refractivity contribution in [2.45, 2.75) is 44.2 Å². The molecule has 1 saturated heterocycles. The zero-order valence-corrected chi connectivity index (χ0v) is 16.8. The van der Waals surface area contributed by atoms with Gasteiger partial charge in [-0.2, -0.15) is 0 Å². The lowest BCUT2D eigenvalue weighted by atomic mass is 10.0. The highest BCUT2D eigenvalue weighted by Gasteiger charge is 2.71. The Bertz CT molecular complexity index is 887. The van der Waals surface area contributed by atoms with Crippen molar-refractivity contribution in [1.82, 2.24) is 0 Å². The van der Waals surface area contributed by atoms with E-state index < -0.39 is 30.0 Å². The maximum atomic E-state index is 15.2. The lowest BCUT2D eigenvalue weighted by molar-refractivity contribution is -0.196. The molecule has 0 N–H and O–H groups in total. The van der Waals surface area contributed by atoms with Crippen molar-refractivity contribution in [2.75, 3.05) is 6.61 Å². The molecule has 158 valence electrons. The number of hydrogen-bond acceptors (Lipinski definition) is 5. The van der Waals surface area contributed by atoms with Crippen LogP contribution in [-0.4, -0.2) is 36.6 Å². The monoisotopic (exact) mass is 412 g/mol. The smallest absolute Gasteiger partial charge is 0.338 e. The SMILES string of the molecule is CCC[C@H]1C2CC(OC(=O)c3ccccc3)[C@@H](COC(=O)c3ccccc3)OC21F. The second kappa shape index (κ2) is 8.56. The Hall–Kier alpha value is -2.73. The lowest BCUT2D eigenvalue weighted by Crippen LogP contribution is -2.44. The first kappa shape index (κ1) is 20.5. The summed E-state index contributed by atoms with van der Waals surface area (Å²) in [6.45, 7) is 1.82. The molecule has 6 heteroatoms. The first-order valence-corrected chi connectivity index (χ1v) is 10.4. The van der Waals surface area contributed by atoms with Gasteiger partial charge in [-0.15, -0.1) is 0 Å². The van der Waals surface area contributed by atoms with Crippen molar-refractivity contribution >= 4 is 11.9 Å². The molecule has 1 saturated carbocycles. The van der Waals surface area contributed by atoms with Crippen LogP contribution in [0.3, 0.4) is 0 Å². The summed E-state index contributed by atoms with van der Waals surface area (Å²) in [5.41, 5.74) is 0.810. The molecule has 1 aliphatic heterocycles. The molecule has 0 aromatic heterocycles. The van der Waals surface area contributed by atoms with E-state index in [0.717, 1.165) is 6.42 Å². The molecular formula is C24H25FO5. The molecule has 5 nitrogen and oxygen atoms in total. The van der Waals surface area contributed by atoms with Gasteiger partial charge in [-0.25, -0.2) is 14.0 Å². The Balaban J connectivity index is 1.46. The quantitative estimate of drug-likeness (QED) is 0.624. The number of carbonyl (C=O) groups excluding carboxylic acids is 2. The van der Waals surface area contributed by atoms with Gasteiger partial charge in [-0.1, -0.05) is 49.7 Å². The standard InChI is InChI=1S/C24H25FO5/c1-2-9-18-19-14-20(29-23(27)17-12-7-4-8-13-17)21(30-24(18,19)25)15-28-22(26)16-10-5-3-6-11-16/h3-8,10-13,18-21H,2,9,14-15H2,1H3/t18-,19?,20?,21+,24?/m0/s1. The maximum absolute atomic E-state index is 15.2. The number of halogens is 1. The number of carbonyl (C=O) groups is 2. The van der Waals surface area contributed by atoms with E-state index in [2.05, 4.69) is 0 Å². The van der Waals surface area contributed by atoms with E-state index in [-0.39, 0.29) is 18.4 Å². The summed E-state index contributed by atoms with van der Waals surface area (Å²) in [6, 6.07) is 17.2. The summed E-state index contributed by atoms with van der Waals surface area (Å²) in [5, 5.41) is 0. The largest absolute Gasteiger partial charge is 0.459 e. The molecule has 1 heterocycles. The van der Waals surface area contributed by atoms with E-state index in [9.17, 15) is 9.59 Å². The third-order valence-corrected chi connectivity index (χ3v) is 5.88. The topological polar surface area (TPSA) is 61.8 Å². The zero-order chi connectivity index (χ0) is 21.1. The Labute approximate surface area is 175 Å². The van der Waals surface area contributed by atoms with Gasteiger partial charge in [0.1, 0.15) is 18.8 Å². The van der Waals surface area contributed by atoms with Crippen LogP contribution in [0.15, 0.2) is 60.7 Å². The van der Waals surface area contributed by atoms with Crippen LogP contribution >= 0.6 is 0 Å². The molecule has 5 atom stereocenters. The van der Waals surface area contributed by atoms with E-state index in [1.54, 1.807) is 54.6 Å². The van der Waals surface area contributed by atoms with Crippen LogP contribution in [0.25, 0.3) is 0 Å². The first-order valence-electron chi connectivity index (χ1n) is 10.4. The fourth-order valence-corrected chi connectivity index (χ4v) is 4.25. The van der Waals surface area contributed by atoms with Crippen LogP contribution in [0.1, 0.15) is 46.9 Å². The van der Waals surface area contributed by atoms with Crippen LogP contribution in [-0.2, 0) is 14.2 Å². The molecule has 2 fully saturated rings. The predicted octanol–water partition coefficient (Wildman–Crippen LogP) is 4.57. The van der Waals surface area contributed by atoms with Crippen molar-refractivity contribution in [3.05, 3.63) is 71.8 Å². The molecule has 2 aromatic rings. The molecule has 1 aliphatic carbocycles. The third-order valence-electron chi connectivity index (χ3n) is 5.88. The average Bonchev–Trinajstić information content (AvgIpc) is 3.35. The number of fused-ring (bicyclic) bond motifs is 1. The number of alkyl halides is 1. The summed E-state index contributed by atoms with van der Waals surface area (Å²) in [5.74, 6) is -3.26. The average molecular weight is 412 g/mol. The minimum Gasteiger partial charge on any atom is -0.459 e. The number of benzene rings is 2. The van der Waals surface area contributed by atoms with Gasteiger partial charge in [0.2, 0.25) is 5.85 Å². The third kappa shape index (κ3) is 4.10. The second-order valence-electron chi connectivity index (χ2n) is 7.87. The molecule has 0 amide bonds. The number of hydrogen-bond donors (Lipinski definition) is 0. The van der Waals surface area contributed by atoms with Crippen molar-refractivity contribution in [2.24, 2.45) is 11.8 Å². The Morgan fingerprint density at radius 1 is 1.03 bits per heavy atom. The highest BCUT2D eigenvalue weighted by Crippen LogP contribution is 2.62. The van der Waals surface area contributed by atoms with Crippen LogP contribution in [0, 0.1) is 11.8 Å². The van der Waals surface area contributed by atoms with Gasteiger partial charge < -0.3 is 14.2 Å². The van der Waals surface area contributed by atoms with Crippen molar-refractivity contribution in [1.29, 1.82) is 0 Å². The van der Waals surface area contributed by atoms with Gasteiger partial charge in [0.15, 0.2) is 0 Å². The maximum Gasteiger partial charge on any atom is 0.338 e. The Kier molecular flexibility index (Phi) is 5.86. The normalized spacial score (nSPS) is 29.5. The van der Waals surface area contributed by atoms with E-state index in [1.807, 2.05) is 13.0 Å². The van der Waals surface area contributed by atoms with Crippen molar-refractivity contribution < 1.29 is 28.2 Å². The van der Waals surface area contributed by atoms with E-state index >= 15 is 4.39 Å². The van der Waals surface area contributed by atoms with Gasteiger partial charge in [-0.3, -0.25) is 0 Å². The molecule has 2 aromatic carbocycles. The fourth-order valence-electron chi connectivity index (χ4n) is 4.25. The number of rotatable bonds is 7. The summed E-state index contributed by atoms with van der Waals surface area (Å²) < 4.78 is 32.0. The highest BCUT2D eigenvalue weighted by molar-refractivity contribution is 5.90. The van der Waals surface area contributed by atoms with E-state index in [1.165, 1.54) is 0 Å². The van der Waals surface area contributed by atoms with Gasteiger partial charge in [0, 0.05) is 11.8 Å². The van der Waals surface area contributed by atoms with Gasteiger partial charge >= 0.3 is 11.9 Å². The van der Waals surface area contributed by atoms with Gasteiger partial charge in [-0.05, 0) is 37.1 Å². The predicted molar refractivity (Wildman–Crippen MR) is 108 cm³/mol. The fraction of sp³-hybridized carbons (Fsp3) is 0.417. The number of esters is 2. The van der Waals surface area contributed by atoms with E-state index in [0.29, 0.717) is 24.0 Å². The lowest BCUT2D eigenvalue weighted by Gasteiger charge is -2.32. The first-order chi connectivity index (χ1) is 14.5. The molecule has 0 spiro atoms. The Morgan fingerprint density at radius 2 is 1.63 bits per heavy atom. The summed E-state index contributed by atoms with van der Waals surface area (Å²) in [6.07, 6.45) is 0.369. The molecule has 2 aliphatic rings. The molecular weight excluding hydrogens is 387 g/mol. The molecule has 4 rings (SSSR count). The molecule has 3 unspecified atom stereocenters. The number of ether oxygens (including phenoxy) is 3. The second-order valence-corrected chi connectivity index (χ2v) is 7.87. The summed E-state index contributed by atoms with van der Waals surface area (Å²) >= 11 is 0.